The lowest BCUT2D eigenvalue weighted by Crippen LogP contribution is -2.20. The van der Waals surface area contributed by atoms with Gasteiger partial charge in [0.1, 0.15) is 10.3 Å². The van der Waals surface area contributed by atoms with Crippen LogP contribution in [0.15, 0.2) is 83.8 Å². The van der Waals surface area contributed by atoms with Crippen LogP contribution in [0, 0.1) is 0 Å². The number of methoxy groups -OCH3 is 1. The molecule has 0 bridgehead atoms. The molecule has 0 saturated heterocycles. The van der Waals surface area contributed by atoms with Crippen LogP contribution in [-0.4, -0.2) is 24.9 Å². The number of thioether (sulfide) groups is 1. The van der Waals surface area contributed by atoms with E-state index in [0.717, 1.165) is 58.6 Å². The maximum atomic E-state index is 14.0. The number of ether oxygens (including phenoxy) is 1. The number of halogens is 1. The number of benzene rings is 3. The van der Waals surface area contributed by atoms with Crippen molar-refractivity contribution in [1.82, 2.24) is 0 Å². The van der Waals surface area contributed by atoms with Crippen LogP contribution in [-0.2, 0) is 33.6 Å². The van der Waals surface area contributed by atoms with Crippen molar-refractivity contribution in [2.45, 2.75) is 55.1 Å². The first-order chi connectivity index (χ1) is 20.9. The van der Waals surface area contributed by atoms with Gasteiger partial charge in [0, 0.05) is 20.5 Å². The predicted molar refractivity (Wildman–Crippen MR) is 175 cm³/mol. The third-order valence-corrected chi connectivity index (χ3v) is 9.99. The van der Waals surface area contributed by atoms with Crippen LogP contribution in [0.2, 0.25) is 5.02 Å². The topological polar surface area (TPSA) is 84.5 Å². The zero-order valence-electron chi connectivity index (χ0n) is 23.9. The number of nitrogens with one attached hydrogen (secondary N) is 2. The Morgan fingerprint density at radius 3 is 2.40 bits per heavy atom. The van der Waals surface area contributed by atoms with Crippen LogP contribution in [0.25, 0.3) is 0 Å². The molecule has 5 rings (SSSR count). The van der Waals surface area contributed by atoms with E-state index in [-0.39, 0.29) is 18.2 Å². The molecule has 1 aromatic heterocycles. The summed E-state index contributed by atoms with van der Waals surface area (Å²) >= 11 is 8.84. The summed E-state index contributed by atoms with van der Waals surface area (Å²) < 4.78 is 5.15. The van der Waals surface area contributed by atoms with Crippen molar-refractivity contribution in [2.24, 2.45) is 0 Å². The maximum Gasteiger partial charge on any atom is 0.341 e. The van der Waals surface area contributed by atoms with E-state index in [0.29, 0.717) is 21.3 Å². The molecular formula is C34H33ClN2O4S2. The third kappa shape index (κ3) is 8.07. The summed E-state index contributed by atoms with van der Waals surface area (Å²) in [5.41, 5.74) is 3.83. The number of hydrogen-bond donors (Lipinski definition) is 2. The van der Waals surface area contributed by atoms with Gasteiger partial charge in [-0.15, -0.1) is 23.1 Å². The van der Waals surface area contributed by atoms with E-state index in [1.165, 1.54) is 36.6 Å². The molecule has 0 fully saturated rings. The molecule has 2 amide bonds. The number of esters is 1. The molecule has 1 heterocycles. The summed E-state index contributed by atoms with van der Waals surface area (Å²) in [6.45, 7) is 0. The average Bonchev–Trinajstić information content (AvgIpc) is 3.32. The van der Waals surface area contributed by atoms with Gasteiger partial charge in [-0.05, 0) is 72.7 Å². The highest BCUT2D eigenvalue weighted by atomic mass is 35.5. The number of thiophene rings is 1. The van der Waals surface area contributed by atoms with Crippen LogP contribution in [0.5, 0.6) is 0 Å². The molecule has 43 heavy (non-hydrogen) atoms. The first-order valence-electron chi connectivity index (χ1n) is 14.3. The van der Waals surface area contributed by atoms with Crippen molar-refractivity contribution in [1.29, 1.82) is 0 Å². The van der Waals surface area contributed by atoms with E-state index < -0.39 is 11.2 Å². The van der Waals surface area contributed by atoms with E-state index in [1.807, 2.05) is 66.7 Å². The quantitative estimate of drug-likeness (QED) is 0.143. The van der Waals surface area contributed by atoms with Crippen molar-refractivity contribution in [2.75, 3.05) is 17.7 Å². The normalized spacial score (nSPS) is 13.6. The lowest BCUT2D eigenvalue weighted by molar-refractivity contribution is -0.116. The second-order valence-electron chi connectivity index (χ2n) is 10.4. The third-order valence-electron chi connectivity index (χ3n) is 7.29. The minimum atomic E-state index is -0.601. The van der Waals surface area contributed by atoms with Crippen molar-refractivity contribution >= 4 is 63.2 Å². The summed E-state index contributed by atoms with van der Waals surface area (Å²) in [5, 5.41) is 6.63. The largest absolute Gasteiger partial charge is 0.465 e. The monoisotopic (exact) mass is 632 g/mol. The minimum Gasteiger partial charge on any atom is -0.465 e. The molecule has 0 radical (unpaired) electrons. The second kappa shape index (κ2) is 14.7. The number of carbonyl (C=O) groups excluding carboxylic acids is 3. The molecule has 1 unspecified atom stereocenters. The van der Waals surface area contributed by atoms with Crippen LogP contribution in [0.4, 0.5) is 10.7 Å². The number of amides is 2. The smallest absolute Gasteiger partial charge is 0.341 e. The molecular weight excluding hydrogens is 600 g/mol. The van der Waals surface area contributed by atoms with Gasteiger partial charge in [0.25, 0.3) is 0 Å². The zero-order valence-corrected chi connectivity index (χ0v) is 26.2. The Morgan fingerprint density at radius 2 is 1.65 bits per heavy atom. The van der Waals surface area contributed by atoms with Gasteiger partial charge in [-0.25, -0.2) is 4.79 Å². The lowest BCUT2D eigenvalue weighted by atomic mass is 9.96. The van der Waals surface area contributed by atoms with Crippen LogP contribution in [0.3, 0.4) is 0 Å². The highest BCUT2D eigenvalue weighted by molar-refractivity contribution is 8.00. The summed E-state index contributed by atoms with van der Waals surface area (Å²) in [6, 6.07) is 24.2. The predicted octanol–water partition coefficient (Wildman–Crippen LogP) is 8.50. The fourth-order valence-corrected chi connectivity index (χ4v) is 7.67. The number of anilines is 2. The molecule has 0 saturated carbocycles. The van der Waals surface area contributed by atoms with E-state index in [1.54, 1.807) is 12.1 Å². The minimum absolute atomic E-state index is 0.148. The highest BCUT2D eigenvalue weighted by Gasteiger charge is 2.29. The van der Waals surface area contributed by atoms with E-state index in [9.17, 15) is 14.4 Å². The molecule has 9 heteroatoms. The molecule has 1 atom stereocenters. The zero-order chi connectivity index (χ0) is 30.2. The van der Waals surface area contributed by atoms with E-state index in [2.05, 4.69) is 10.6 Å². The van der Waals surface area contributed by atoms with Gasteiger partial charge in [-0.1, -0.05) is 73.0 Å². The number of rotatable bonds is 9. The van der Waals surface area contributed by atoms with Crippen molar-refractivity contribution in [3.63, 3.8) is 0 Å². The molecule has 0 spiro atoms. The van der Waals surface area contributed by atoms with Gasteiger partial charge in [0.2, 0.25) is 11.8 Å². The summed E-state index contributed by atoms with van der Waals surface area (Å²) in [4.78, 5) is 41.6. The number of fused-ring (bicyclic) bond motifs is 1. The molecule has 3 aromatic carbocycles. The Bertz CT molecular complexity index is 1590. The SMILES string of the molecule is COC(=O)c1c(NC(=O)C(Sc2cccc(NC(=O)Cc3ccc(Cl)cc3)c2)c2ccccc2)sc2c1CCCCCC2. The number of carbonyl (C=O) groups is 3. The molecule has 2 N–H and O–H groups in total. The van der Waals surface area contributed by atoms with Crippen LogP contribution < -0.4 is 10.6 Å². The Labute approximate surface area is 265 Å². The van der Waals surface area contributed by atoms with E-state index in [4.69, 9.17) is 16.3 Å². The van der Waals surface area contributed by atoms with Gasteiger partial charge in [0.05, 0.1) is 19.1 Å². The lowest BCUT2D eigenvalue weighted by Gasteiger charge is -2.18. The Morgan fingerprint density at radius 1 is 0.907 bits per heavy atom. The van der Waals surface area contributed by atoms with E-state index >= 15 is 0 Å². The molecule has 1 aliphatic carbocycles. The molecule has 4 aromatic rings. The molecule has 222 valence electrons. The first-order valence-corrected chi connectivity index (χ1v) is 16.4. The first kappa shape index (κ1) is 30.9. The number of aryl methyl sites for hydroxylation is 1. The Hall–Kier alpha value is -3.59. The fraction of sp³-hybridized carbons (Fsp3) is 0.265. The second-order valence-corrected chi connectivity index (χ2v) is 13.1. The molecule has 1 aliphatic rings. The summed E-state index contributed by atoms with van der Waals surface area (Å²) in [6.07, 6.45) is 6.29. The number of hydrogen-bond acceptors (Lipinski definition) is 6. The van der Waals surface area contributed by atoms with Crippen molar-refractivity contribution in [3.8, 4) is 0 Å². The van der Waals surface area contributed by atoms with Crippen LogP contribution >= 0.6 is 34.7 Å². The van der Waals surface area contributed by atoms with Gasteiger partial charge < -0.3 is 15.4 Å². The van der Waals surface area contributed by atoms with Gasteiger partial charge in [0.15, 0.2) is 0 Å². The molecule has 0 aliphatic heterocycles. The summed E-state index contributed by atoms with van der Waals surface area (Å²) in [7, 11) is 1.38. The van der Waals surface area contributed by atoms with Gasteiger partial charge in [-0.2, -0.15) is 0 Å². The molecule has 6 nitrogen and oxygen atoms in total. The average molecular weight is 633 g/mol. The van der Waals surface area contributed by atoms with Gasteiger partial charge in [-0.3, -0.25) is 9.59 Å². The van der Waals surface area contributed by atoms with Crippen molar-refractivity contribution in [3.05, 3.63) is 111 Å². The maximum absolute atomic E-state index is 14.0. The fourth-order valence-electron chi connectivity index (χ4n) is 5.18. The van der Waals surface area contributed by atoms with Gasteiger partial charge >= 0.3 is 5.97 Å². The van der Waals surface area contributed by atoms with Crippen molar-refractivity contribution < 1.29 is 19.1 Å². The Kier molecular flexibility index (Phi) is 10.6. The highest BCUT2D eigenvalue weighted by Crippen LogP contribution is 2.41. The Balaban J connectivity index is 1.37. The standard InChI is InChI=1S/C34H33ClN2O4S2/c1-41-34(40)30-27-14-7-2-3-8-15-28(27)43-33(30)37-32(39)31(23-10-5-4-6-11-23)42-26-13-9-12-25(21-26)36-29(38)20-22-16-18-24(35)19-17-22/h4-6,9-13,16-19,21,31H,2-3,7-8,14-15,20H2,1H3,(H,36,38)(H,37,39). The summed E-state index contributed by atoms with van der Waals surface area (Å²) in [5.74, 6) is -0.794. The van der Waals surface area contributed by atoms with Crippen LogP contribution in [0.1, 0.15) is 62.9 Å².